The molecule has 1 aliphatic rings. The van der Waals surface area contributed by atoms with E-state index in [1.807, 2.05) is 42.5 Å². The second-order valence-electron chi connectivity index (χ2n) is 8.11. The molecule has 2 aromatic carbocycles. The van der Waals surface area contributed by atoms with Crippen LogP contribution in [0, 0.1) is 11.3 Å². The number of nitrogens with one attached hydrogen (secondary N) is 1. The first kappa shape index (κ1) is 21.7. The summed E-state index contributed by atoms with van der Waals surface area (Å²) in [5, 5.41) is 13.7. The molecule has 1 N–H and O–H groups in total. The van der Waals surface area contributed by atoms with Gasteiger partial charge in [-0.2, -0.15) is 5.26 Å². The number of ether oxygens (including phenoxy) is 3. The first-order valence-electron chi connectivity index (χ1n) is 10.8. The minimum absolute atomic E-state index is 0.190. The Labute approximate surface area is 187 Å². The number of fused-ring (bicyclic) bond motifs is 1. The van der Waals surface area contributed by atoms with Gasteiger partial charge in [0.25, 0.3) is 0 Å². The number of anilines is 1. The molecule has 1 aromatic heterocycles. The van der Waals surface area contributed by atoms with Crippen LogP contribution in [0.25, 0.3) is 22.2 Å². The zero-order valence-corrected chi connectivity index (χ0v) is 18.6. The number of amides is 1. The Balaban J connectivity index is 1.71. The van der Waals surface area contributed by atoms with Crippen molar-refractivity contribution in [3.05, 3.63) is 48.0 Å². The Kier molecular flexibility index (Phi) is 6.33. The van der Waals surface area contributed by atoms with Crippen molar-refractivity contribution in [1.82, 2.24) is 4.57 Å². The van der Waals surface area contributed by atoms with Crippen molar-refractivity contribution in [2.24, 2.45) is 0 Å². The fraction of sp³-hybridized carbons (Fsp3) is 0.360. The minimum atomic E-state index is -0.487. The smallest absolute Gasteiger partial charge is 0.411 e. The number of carbonyl (C=O) groups excluding carboxylic acids is 1. The lowest BCUT2D eigenvalue weighted by atomic mass is 10.1. The van der Waals surface area contributed by atoms with Crippen molar-refractivity contribution in [1.29, 1.82) is 5.26 Å². The molecule has 166 valence electrons. The van der Waals surface area contributed by atoms with E-state index in [2.05, 4.69) is 16.0 Å². The van der Waals surface area contributed by atoms with Crippen LogP contribution in [0.3, 0.4) is 0 Å². The third-order valence-electron chi connectivity index (χ3n) is 5.30. The van der Waals surface area contributed by atoms with Crippen molar-refractivity contribution in [3.8, 4) is 23.1 Å². The molecule has 1 aliphatic carbocycles. The summed E-state index contributed by atoms with van der Waals surface area (Å²) in [6.07, 6.45) is 1.48. The van der Waals surface area contributed by atoms with Crippen LogP contribution in [-0.4, -0.2) is 37.1 Å². The van der Waals surface area contributed by atoms with E-state index >= 15 is 0 Å². The number of rotatable bonds is 8. The van der Waals surface area contributed by atoms with E-state index in [1.54, 1.807) is 21.0 Å². The number of benzene rings is 2. The van der Waals surface area contributed by atoms with Crippen LogP contribution in [0.4, 0.5) is 10.5 Å². The summed E-state index contributed by atoms with van der Waals surface area (Å²) in [5.74, 6) is 0.758. The molecule has 1 saturated carbocycles. The predicted octanol–water partition coefficient (Wildman–Crippen LogP) is 5.50. The molecule has 1 heterocycles. The number of hydrogen-bond donors (Lipinski definition) is 1. The SMILES string of the molecule is COCCOc1ccc2c(C#N)c(-c3ccc(NC(=O)OC(C)C)cc3)n(C3CC3)c2c1. The number of nitriles is 1. The highest BCUT2D eigenvalue weighted by atomic mass is 16.6. The van der Waals surface area contributed by atoms with Crippen LogP contribution >= 0.6 is 0 Å². The molecular weight excluding hydrogens is 406 g/mol. The van der Waals surface area contributed by atoms with Gasteiger partial charge >= 0.3 is 6.09 Å². The zero-order chi connectivity index (χ0) is 22.7. The third kappa shape index (κ3) is 4.56. The van der Waals surface area contributed by atoms with E-state index in [0.717, 1.165) is 40.8 Å². The highest BCUT2D eigenvalue weighted by Crippen LogP contribution is 2.45. The van der Waals surface area contributed by atoms with E-state index in [9.17, 15) is 10.1 Å². The molecule has 0 saturated heterocycles. The van der Waals surface area contributed by atoms with Crippen molar-refractivity contribution >= 4 is 22.7 Å². The molecular formula is C25H27N3O4. The van der Waals surface area contributed by atoms with E-state index in [4.69, 9.17) is 14.2 Å². The van der Waals surface area contributed by atoms with Crippen LogP contribution in [0.2, 0.25) is 0 Å². The van der Waals surface area contributed by atoms with Crippen LogP contribution in [-0.2, 0) is 9.47 Å². The molecule has 1 fully saturated rings. The Morgan fingerprint density at radius 1 is 1.19 bits per heavy atom. The van der Waals surface area contributed by atoms with Gasteiger partial charge in [0.2, 0.25) is 0 Å². The van der Waals surface area contributed by atoms with E-state index in [-0.39, 0.29) is 6.10 Å². The second-order valence-corrected chi connectivity index (χ2v) is 8.11. The van der Waals surface area contributed by atoms with Gasteiger partial charge < -0.3 is 18.8 Å². The molecule has 0 bridgehead atoms. The number of aromatic nitrogens is 1. The van der Waals surface area contributed by atoms with Gasteiger partial charge in [-0.25, -0.2) is 4.79 Å². The molecule has 0 spiro atoms. The average Bonchev–Trinajstić information content (AvgIpc) is 3.55. The molecule has 7 heteroatoms. The molecule has 4 rings (SSSR count). The Morgan fingerprint density at radius 3 is 2.56 bits per heavy atom. The van der Waals surface area contributed by atoms with Gasteiger partial charge in [0.05, 0.1) is 29.5 Å². The monoisotopic (exact) mass is 433 g/mol. The van der Waals surface area contributed by atoms with Crippen molar-refractivity contribution < 1.29 is 19.0 Å². The van der Waals surface area contributed by atoms with Crippen molar-refractivity contribution in [3.63, 3.8) is 0 Å². The molecule has 7 nitrogen and oxygen atoms in total. The summed E-state index contributed by atoms with van der Waals surface area (Å²) < 4.78 is 18.3. The van der Waals surface area contributed by atoms with E-state index in [1.165, 1.54) is 0 Å². The molecule has 3 aromatic rings. The van der Waals surface area contributed by atoms with Crippen LogP contribution in [0.5, 0.6) is 5.75 Å². The van der Waals surface area contributed by atoms with Gasteiger partial charge in [0.15, 0.2) is 0 Å². The molecule has 1 amide bonds. The maximum atomic E-state index is 11.9. The lowest BCUT2D eigenvalue weighted by Crippen LogP contribution is -2.17. The Bertz CT molecular complexity index is 1150. The maximum absolute atomic E-state index is 11.9. The minimum Gasteiger partial charge on any atom is -0.491 e. The fourth-order valence-electron chi connectivity index (χ4n) is 3.80. The van der Waals surface area contributed by atoms with Gasteiger partial charge in [0, 0.05) is 30.3 Å². The van der Waals surface area contributed by atoms with E-state index in [0.29, 0.717) is 30.5 Å². The molecule has 0 atom stereocenters. The summed E-state index contributed by atoms with van der Waals surface area (Å²) >= 11 is 0. The molecule has 32 heavy (non-hydrogen) atoms. The molecule has 0 radical (unpaired) electrons. The van der Waals surface area contributed by atoms with Crippen LogP contribution < -0.4 is 10.1 Å². The van der Waals surface area contributed by atoms with Gasteiger partial charge in [-0.1, -0.05) is 12.1 Å². The number of hydrogen-bond acceptors (Lipinski definition) is 5. The largest absolute Gasteiger partial charge is 0.491 e. The maximum Gasteiger partial charge on any atom is 0.411 e. The molecule has 0 unspecified atom stereocenters. The highest BCUT2D eigenvalue weighted by molar-refractivity contribution is 5.96. The number of carbonyl (C=O) groups is 1. The quantitative estimate of drug-likeness (QED) is 0.474. The van der Waals surface area contributed by atoms with Gasteiger partial charge in [-0.3, -0.25) is 5.32 Å². The van der Waals surface area contributed by atoms with Gasteiger partial charge in [-0.15, -0.1) is 0 Å². The standard InChI is InChI=1S/C25H27N3O4/c1-16(2)32-25(29)27-18-6-4-17(5-7-18)24-22(15-26)21-11-10-20(31-13-12-30-3)14-23(21)28(24)19-8-9-19/h4-7,10-11,14,16,19H,8-9,12-13H2,1-3H3,(H,27,29). The number of methoxy groups -OCH3 is 1. The highest BCUT2D eigenvalue weighted by Gasteiger charge is 2.30. The second kappa shape index (κ2) is 9.33. The third-order valence-corrected chi connectivity index (χ3v) is 5.30. The summed E-state index contributed by atoms with van der Waals surface area (Å²) in [5.41, 5.74) is 4.11. The summed E-state index contributed by atoms with van der Waals surface area (Å²) in [7, 11) is 1.64. The lowest BCUT2D eigenvalue weighted by Gasteiger charge is -2.12. The van der Waals surface area contributed by atoms with Crippen LogP contribution in [0.15, 0.2) is 42.5 Å². The van der Waals surface area contributed by atoms with E-state index < -0.39 is 6.09 Å². The summed E-state index contributed by atoms with van der Waals surface area (Å²) in [6, 6.07) is 16.1. The fourth-order valence-corrected chi connectivity index (χ4v) is 3.80. The van der Waals surface area contributed by atoms with Crippen LogP contribution in [0.1, 0.15) is 38.3 Å². The van der Waals surface area contributed by atoms with Gasteiger partial charge in [0.1, 0.15) is 18.4 Å². The van der Waals surface area contributed by atoms with Gasteiger partial charge in [-0.05, 0) is 56.5 Å². The average molecular weight is 434 g/mol. The summed E-state index contributed by atoms with van der Waals surface area (Å²) in [4.78, 5) is 11.9. The molecule has 0 aliphatic heterocycles. The Hall–Kier alpha value is -3.50. The normalized spacial score (nSPS) is 13.2. The predicted molar refractivity (Wildman–Crippen MR) is 123 cm³/mol. The first-order chi connectivity index (χ1) is 15.5. The van der Waals surface area contributed by atoms with Crippen molar-refractivity contribution in [2.45, 2.75) is 38.8 Å². The van der Waals surface area contributed by atoms with Crippen molar-refractivity contribution in [2.75, 3.05) is 25.6 Å². The summed E-state index contributed by atoms with van der Waals surface area (Å²) in [6.45, 7) is 4.59. The lowest BCUT2D eigenvalue weighted by molar-refractivity contribution is 0.130. The topological polar surface area (TPSA) is 85.5 Å². The Morgan fingerprint density at radius 2 is 1.94 bits per heavy atom. The zero-order valence-electron chi connectivity index (χ0n) is 18.6. The number of nitrogens with zero attached hydrogens (tertiary/aromatic N) is 2. The first-order valence-corrected chi connectivity index (χ1v) is 10.8.